The monoisotopic (exact) mass is 291 g/mol. The Kier molecular flexibility index (Phi) is 4.02. The van der Waals surface area contributed by atoms with Crippen molar-refractivity contribution in [3.05, 3.63) is 34.9 Å². The van der Waals surface area contributed by atoms with Crippen molar-refractivity contribution in [3.8, 4) is 0 Å². The van der Waals surface area contributed by atoms with E-state index in [2.05, 4.69) is 17.0 Å². The first-order chi connectivity index (χ1) is 9.72. The summed E-state index contributed by atoms with van der Waals surface area (Å²) in [5.74, 6) is 0.358. The second-order valence-corrected chi connectivity index (χ2v) is 6.59. The molecule has 2 fully saturated rings. The maximum atomic E-state index is 13.1. The quantitative estimate of drug-likeness (QED) is 0.801. The van der Waals surface area contributed by atoms with Crippen LogP contribution in [0.2, 0.25) is 5.02 Å². The zero-order chi connectivity index (χ0) is 14.0. The van der Waals surface area contributed by atoms with Gasteiger partial charge in [0.15, 0.2) is 0 Å². The standard InChI is InChI=1S/C17H22ClNO/c18-15-8-6-14(7-9-15)17(10-2-3-11-17)16(20)19-12-4-1-5-13-19/h6-9H,1-5,10-13H2. The van der Waals surface area contributed by atoms with Crippen molar-refractivity contribution < 1.29 is 4.79 Å². The van der Waals surface area contributed by atoms with Gasteiger partial charge in [0.25, 0.3) is 0 Å². The van der Waals surface area contributed by atoms with E-state index in [1.807, 2.05) is 12.1 Å². The number of carbonyl (C=O) groups excluding carboxylic acids is 1. The van der Waals surface area contributed by atoms with Crippen LogP contribution in [0.5, 0.6) is 0 Å². The molecular formula is C17H22ClNO. The summed E-state index contributed by atoms with van der Waals surface area (Å²) in [6.07, 6.45) is 7.86. The summed E-state index contributed by atoms with van der Waals surface area (Å²) in [6, 6.07) is 7.94. The zero-order valence-corrected chi connectivity index (χ0v) is 12.7. The lowest BCUT2D eigenvalue weighted by molar-refractivity contribution is -0.138. The first kappa shape index (κ1) is 13.9. The largest absolute Gasteiger partial charge is 0.342 e. The molecular weight excluding hydrogens is 270 g/mol. The highest BCUT2D eigenvalue weighted by molar-refractivity contribution is 6.30. The highest BCUT2D eigenvalue weighted by Crippen LogP contribution is 2.43. The van der Waals surface area contributed by atoms with Gasteiger partial charge in [0.05, 0.1) is 5.41 Å². The van der Waals surface area contributed by atoms with Crippen LogP contribution in [0.3, 0.4) is 0 Å². The molecule has 20 heavy (non-hydrogen) atoms. The van der Waals surface area contributed by atoms with Crippen molar-refractivity contribution in [2.75, 3.05) is 13.1 Å². The Morgan fingerprint density at radius 1 is 0.950 bits per heavy atom. The van der Waals surface area contributed by atoms with Crippen LogP contribution < -0.4 is 0 Å². The number of nitrogens with zero attached hydrogens (tertiary/aromatic N) is 1. The maximum absolute atomic E-state index is 13.1. The molecule has 108 valence electrons. The molecule has 1 saturated carbocycles. The van der Waals surface area contributed by atoms with E-state index in [-0.39, 0.29) is 5.41 Å². The molecule has 1 aromatic carbocycles. The van der Waals surface area contributed by atoms with E-state index >= 15 is 0 Å². The molecule has 1 saturated heterocycles. The number of rotatable bonds is 2. The van der Waals surface area contributed by atoms with Crippen LogP contribution in [0, 0.1) is 0 Å². The van der Waals surface area contributed by atoms with Crippen LogP contribution >= 0.6 is 11.6 Å². The Morgan fingerprint density at radius 3 is 2.15 bits per heavy atom. The average Bonchev–Trinajstić information content (AvgIpc) is 2.99. The van der Waals surface area contributed by atoms with Crippen molar-refractivity contribution in [3.63, 3.8) is 0 Å². The van der Waals surface area contributed by atoms with Gasteiger partial charge in [0, 0.05) is 18.1 Å². The minimum atomic E-state index is -0.276. The predicted octanol–water partition coefficient (Wildman–Crippen LogP) is 4.16. The Balaban J connectivity index is 1.90. The second-order valence-electron chi connectivity index (χ2n) is 6.15. The van der Waals surface area contributed by atoms with Crippen LogP contribution in [0.4, 0.5) is 0 Å². The van der Waals surface area contributed by atoms with Crippen LogP contribution in [0.25, 0.3) is 0 Å². The molecule has 0 N–H and O–H groups in total. The van der Waals surface area contributed by atoms with E-state index in [9.17, 15) is 4.79 Å². The third-order valence-electron chi connectivity index (χ3n) is 4.91. The number of carbonyl (C=O) groups is 1. The Labute approximate surface area is 126 Å². The predicted molar refractivity (Wildman–Crippen MR) is 82.0 cm³/mol. The maximum Gasteiger partial charge on any atom is 0.233 e. The van der Waals surface area contributed by atoms with Crippen molar-refractivity contribution >= 4 is 17.5 Å². The molecule has 1 aliphatic heterocycles. The van der Waals surface area contributed by atoms with E-state index in [0.717, 1.165) is 62.2 Å². The summed E-state index contributed by atoms with van der Waals surface area (Å²) in [4.78, 5) is 15.2. The molecule has 1 aliphatic carbocycles. The number of halogens is 1. The van der Waals surface area contributed by atoms with Crippen molar-refractivity contribution in [2.45, 2.75) is 50.4 Å². The SMILES string of the molecule is O=C(N1CCCCC1)C1(c2ccc(Cl)cc2)CCCC1. The van der Waals surface area contributed by atoms with Crippen LogP contribution in [-0.2, 0) is 10.2 Å². The van der Waals surface area contributed by atoms with Gasteiger partial charge in [-0.25, -0.2) is 0 Å². The summed E-state index contributed by atoms with van der Waals surface area (Å²) in [6.45, 7) is 1.88. The van der Waals surface area contributed by atoms with Gasteiger partial charge in [-0.15, -0.1) is 0 Å². The first-order valence-corrected chi connectivity index (χ1v) is 8.16. The van der Waals surface area contributed by atoms with Gasteiger partial charge in [-0.05, 0) is 49.8 Å². The van der Waals surface area contributed by atoms with Crippen molar-refractivity contribution in [1.82, 2.24) is 4.90 Å². The number of likely N-dealkylation sites (tertiary alicyclic amines) is 1. The lowest BCUT2D eigenvalue weighted by Crippen LogP contribution is -2.47. The molecule has 2 aliphatic rings. The first-order valence-electron chi connectivity index (χ1n) is 7.78. The fourth-order valence-corrected chi connectivity index (χ4v) is 3.90. The normalized spacial score (nSPS) is 21.9. The average molecular weight is 292 g/mol. The number of benzene rings is 1. The zero-order valence-electron chi connectivity index (χ0n) is 11.9. The summed E-state index contributed by atoms with van der Waals surface area (Å²) in [5.41, 5.74) is 0.886. The van der Waals surface area contributed by atoms with E-state index in [0.29, 0.717) is 5.91 Å². The van der Waals surface area contributed by atoms with E-state index < -0.39 is 0 Å². The minimum absolute atomic E-state index is 0.276. The lowest BCUT2D eigenvalue weighted by atomic mass is 9.77. The Hall–Kier alpha value is -1.02. The fourth-order valence-electron chi connectivity index (χ4n) is 3.77. The summed E-state index contributed by atoms with van der Waals surface area (Å²) >= 11 is 6.00. The molecule has 2 nitrogen and oxygen atoms in total. The van der Waals surface area contributed by atoms with E-state index in [1.54, 1.807) is 0 Å². The number of hydrogen-bond donors (Lipinski definition) is 0. The number of amides is 1. The molecule has 1 heterocycles. The molecule has 0 spiro atoms. The van der Waals surface area contributed by atoms with Gasteiger partial charge in [0.2, 0.25) is 5.91 Å². The third-order valence-corrected chi connectivity index (χ3v) is 5.16. The van der Waals surface area contributed by atoms with Gasteiger partial charge < -0.3 is 4.90 Å². The van der Waals surface area contributed by atoms with Crippen LogP contribution in [0.15, 0.2) is 24.3 Å². The van der Waals surface area contributed by atoms with Crippen molar-refractivity contribution in [1.29, 1.82) is 0 Å². The third kappa shape index (κ3) is 2.46. The van der Waals surface area contributed by atoms with Gasteiger partial charge in [0.1, 0.15) is 0 Å². The molecule has 0 aromatic heterocycles. The van der Waals surface area contributed by atoms with Crippen LogP contribution in [-0.4, -0.2) is 23.9 Å². The van der Waals surface area contributed by atoms with Crippen molar-refractivity contribution in [2.24, 2.45) is 0 Å². The smallest absolute Gasteiger partial charge is 0.233 e. The Morgan fingerprint density at radius 2 is 1.55 bits per heavy atom. The van der Waals surface area contributed by atoms with E-state index in [1.165, 1.54) is 6.42 Å². The minimum Gasteiger partial charge on any atom is -0.342 e. The van der Waals surface area contributed by atoms with Gasteiger partial charge in [-0.2, -0.15) is 0 Å². The molecule has 0 bridgehead atoms. The highest BCUT2D eigenvalue weighted by Gasteiger charge is 2.44. The van der Waals surface area contributed by atoms with Crippen LogP contribution in [0.1, 0.15) is 50.5 Å². The molecule has 1 aromatic rings. The Bertz CT molecular complexity index is 470. The molecule has 0 radical (unpaired) electrons. The van der Waals surface area contributed by atoms with Gasteiger partial charge in [-0.1, -0.05) is 36.6 Å². The molecule has 0 unspecified atom stereocenters. The summed E-state index contributed by atoms with van der Waals surface area (Å²) in [5, 5.41) is 0.743. The van der Waals surface area contributed by atoms with Gasteiger partial charge in [-0.3, -0.25) is 4.79 Å². The lowest BCUT2D eigenvalue weighted by Gasteiger charge is -2.36. The number of piperidine rings is 1. The van der Waals surface area contributed by atoms with Gasteiger partial charge >= 0.3 is 0 Å². The molecule has 0 atom stereocenters. The highest BCUT2D eigenvalue weighted by atomic mass is 35.5. The molecule has 1 amide bonds. The summed E-state index contributed by atoms with van der Waals surface area (Å²) in [7, 11) is 0. The number of hydrogen-bond acceptors (Lipinski definition) is 1. The fraction of sp³-hybridized carbons (Fsp3) is 0.588. The molecule has 3 heteroatoms. The molecule has 3 rings (SSSR count). The van der Waals surface area contributed by atoms with E-state index in [4.69, 9.17) is 11.6 Å². The second kappa shape index (κ2) is 5.77. The summed E-state index contributed by atoms with van der Waals surface area (Å²) < 4.78 is 0. The topological polar surface area (TPSA) is 20.3 Å².